The maximum absolute atomic E-state index is 13.5. The van der Waals surface area contributed by atoms with Crippen LogP contribution in [0.15, 0.2) is 164 Å². The number of hydrogen-bond donors (Lipinski definition) is 1. The van der Waals surface area contributed by atoms with Gasteiger partial charge in [0.2, 0.25) is 5.79 Å². The Morgan fingerprint density at radius 2 is 1.21 bits per heavy atom. The third kappa shape index (κ3) is 11.1. The molecule has 320 valence electrons. The van der Waals surface area contributed by atoms with Crippen molar-refractivity contribution in [1.29, 1.82) is 0 Å². The number of hydrogen-bond acceptors (Lipinski definition) is 8. The van der Waals surface area contributed by atoms with Crippen LogP contribution in [0.2, 0.25) is 5.02 Å². The van der Waals surface area contributed by atoms with Crippen molar-refractivity contribution in [1.82, 2.24) is 0 Å². The number of halogens is 1. The molecule has 6 aromatic carbocycles. The van der Waals surface area contributed by atoms with Crippen molar-refractivity contribution in [3.05, 3.63) is 214 Å². The summed E-state index contributed by atoms with van der Waals surface area (Å²) < 4.78 is 45.7. The van der Waals surface area contributed by atoms with Gasteiger partial charge in [-0.25, -0.2) is 0 Å². The van der Waals surface area contributed by atoms with Crippen molar-refractivity contribution >= 4 is 17.7 Å². The molecule has 2 saturated heterocycles. The summed E-state index contributed by atoms with van der Waals surface area (Å²) in [5, 5.41) is 14.1. The second-order valence-electron chi connectivity index (χ2n) is 15.8. The third-order valence-corrected chi connectivity index (χ3v) is 11.6. The molecule has 0 radical (unpaired) electrons. The normalized spacial score (nSPS) is 22.3. The minimum absolute atomic E-state index is 0.0500. The molecule has 62 heavy (non-hydrogen) atoms. The van der Waals surface area contributed by atoms with E-state index in [1.54, 1.807) is 6.08 Å². The van der Waals surface area contributed by atoms with Gasteiger partial charge in [-0.2, -0.15) is 0 Å². The Bertz CT molecular complexity index is 2290. The van der Waals surface area contributed by atoms with Crippen LogP contribution in [-0.2, 0) is 67.1 Å². The van der Waals surface area contributed by atoms with Gasteiger partial charge in [-0.3, -0.25) is 0 Å². The summed E-state index contributed by atoms with van der Waals surface area (Å²) >= 11 is 7.06. The van der Waals surface area contributed by atoms with Gasteiger partial charge in [0.25, 0.3) is 0 Å². The molecular weight excluding hydrogens is 800 g/mol. The van der Waals surface area contributed by atoms with Gasteiger partial charge in [0.15, 0.2) is 0 Å². The van der Waals surface area contributed by atoms with Crippen LogP contribution in [0.3, 0.4) is 0 Å². The highest BCUT2D eigenvalue weighted by Gasteiger charge is 2.58. The number of aliphatic hydroxyl groups is 1. The lowest BCUT2D eigenvalue weighted by Crippen LogP contribution is -2.65. The Kier molecular flexibility index (Phi) is 14.9. The summed E-state index contributed by atoms with van der Waals surface area (Å²) in [7, 11) is 0. The number of rotatable bonds is 19. The van der Waals surface area contributed by atoms with E-state index in [1.165, 1.54) is 0 Å². The molecule has 0 amide bonds. The van der Waals surface area contributed by atoms with E-state index in [2.05, 4.69) is 6.58 Å². The summed E-state index contributed by atoms with van der Waals surface area (Å²) in [6.07, 6.45) is -0.461. The minimum Gasteiger partial charge on any atom is -0.488 e. The van der Waals surface area contributed by atoms with Crippen LogP contribution in [-0.4, -0.2) is 55.4 Å². The lowest BCUT2D eigenvalue weighted by atomic mass is 9.84. The molecule has 2 fully saturated rings. The van der Waals surface area contributed by atoms with E-state index in [-0.39, 0.29) is 32.5 Å². The van der Waals surface area contributed by atoms with Gasteiger partial charge < -0.3 is 38.3 Å². The maximum Gasteiger partial charge on any atom is 0.223 e. The molecule has 2 heterocycles. The van der Waals surface area contributed by atoms with Crippen molar-refractivity contribution in [3.8, 4) is 5.75 Å². The van der Waals surface area contributed by atoms with E-state index in [0.29, 0.717) is 42.4 Å². The van der Waals surface area contributed by atoms with Crippen LogP contribution < -0.4 is 4.74 Å². The van der Waals surface area contributed by atoms with Gasteiger partial charge in [0, 0.05) is 17.0 Å². The minimum atomic E-state index is -2.10. The fourth-order valence-electron chi connectivity index (χ4n) is 8.02. The fourth-order valence-corrected chi connectivity index (χ4v) is 8.26. The van der Waals surface area contributed by atoms with Crippen LogP contribution in [0.4, 0.5) is 0 Å². The van der Waals surface area contributed by atoms with Crippen LogP contribution >= 0.6 is 11.6 Å². The van der Waals surface area contributed by atoms with Crippen LogP contribution in [0.5, 0.6) is 5.75 Å². The van der Waals surface area contributed by atoms with Gasteiger partial charge in [0.05, 0.1) is 46.2 Å². The second kappa shape index (κ2) is 21.3. The highest BCUT2D eigenvalue weighted by Crippen LogP contribution is 2.44. The molecule has 1 N–H and O–H groups in total. The van der Waals surface area contributed by atoms with E-state index in [1.807, 2.05) is 158 Å². The summed E-state index contributed by atoms with van der Waals surface area (Å²) in [6.45, 7) is 6.51. The highest BCUT2D eigenvalue weighted by atomic mass is 35.5. The first kappa shape index (κ1) is 43.5. The average Bonchev–Trinajstić information content (AvgIpc) is 3.83. The Balaban J connectivity index is 1.19. The molecule has 1 unspecified atom stereocenters. The molecular formula is C53H53ClO8. The zero-order chi connectivity index (χ0) is 42.6. The summed E-state index contributed by atoms with van der Waals surface area (Å²) in [5.74, 6) is -1.32. The molecule has 6 atom stereocenters. The quantitative estimate of drug-likeness (QED) is 0.0863. The first-order valence-electron chi connectivity index (χ1n) is 21.2. The van der Waals surface area contributed by atoms with Crippen molar-refractivity contribution in [2.45, 2.75) is 75.6 Å². The molecule has 6 aromatic rings. The van der Waals surface area contributed by atoms with Crippen LogP contribution in [0.25, 0.3) is 6.08 Å². The Labute approximate surface area is 369 Å². The Hall–Kier alpha value is -5.13. The number of ether oxygens (including phenoxy) is 7. The lowest BCUT2D eigenvalue weighted by Gasteiger charge is -2.51. The third-order valence-electron chi connectivity index (χ3n) is 11.3. The van der Waals surface area contributed by atoms with E-state index in [4.69, 9.17) is 44.8 Å². The van der Waals surface area contributed by atoms with Gasteiger partial charge in [0.1, 0.15) is 36.3 Å². The van der Waals surface area contributed by atoms with Crippen molar-refractivity contribution < 1.29 is 38.3 Å². The summed E-state index contributed by atoms with van der Waals surface area (Å²) in [4.78, 5) is 0. The molecule has 0 spiro atoms. The van der Waals surface area contributed by atoms with Gasteiger partial charge in [-0.1, -0.05) is 158 Å². The molecule has 2 aliphatic heterocycles. The molecule has 8 nitrogen and oxygen atoms in total. The first-order chi connectivity index (χ1) is 30.4. The first-order valence-corrected chi connectivity index (χ1v) is 21.6. The average molecular weight is 853 g/mol. The Morgan fingerprint density at radius 3 is 1.76 bits per heavy atom. The lowest BCUT2D eigenvalue weighted by molar-refractivity contribution is -0.378. The topological polar surface area (TPSA) is 84.8 Å². The van der Waals surface area contributed by atoms with Gasteiger partial charge >= 0.3 is 0 Å². The smallest absolute Gasteiger partial charge is 0.223 e. The van der Waals surface area contributed by atoms with Gasteiger partial charge in [-0.05, 0) is 69.6 Å². The molecule has 0 aliphatic carbocycles. The monoisotopic (exact) mass is 852 g/mol. The largest absolute Gasteiger partial charge is 0.488 e. The molecule has 0 saturated carbocycles. The van der Waals surface area contributed by atoms with E-state index in [0.717, 1.165) is 45.6 Å². The molecule has 0 bridgehead atoms. The standard InChI is InChI=1S/C53H53ClO8/c1-2-43-31-48(54)44(29-38-23-25-45(26-24-38)61-46-27-28-56-36-46)30-47(43)53(55)52(60-35-42-21-13-6-14-22-42)51(59-34-41-19-11-5-12-20-41)50(58-33-40-17-9-4-10-18-40)49(62-53)37-57-32-39-15-7-3-8-16-39/h2-26,30-31,46,49-52,55H,1,27-29,32-37H2/t46?,49-,50-,51+,52-,53+/m1/s1. The summed E-state index contributed by atoms with van der Waals surface area (Å²) in [5.41, 5.74) is 6.68. The predicted octanol–water partition coefficient (Wildman–Crippen LogP) is 10.3. The summed E-state index contributed by atoms with van der Waals surface area (Å²) in [6, 6.07) is 51.4. The zero-order valence-corrected chi connectivity index (χ0v) is 35.5. The van der Waals surface area contributed by atoms with Crippen molar-refractivity contribution in [2.24, 2.45) is 0 Å². The van der Waals surface area contributed by atoms with Gasteiger partial charge in [-0.15, -0.1) is 0 Å². The van der Waals surface area contributed by atoms with Crippen LogP contribution in [0.1, 0.15) is 50.9 Å². The molecule has 2 aliphatic rings. The molecule has 9 heteroatoms. The number of benzene rings is 6. The molecule has 0 aromatic heterocycles. The van der Waals surface area contributed by atoms with E-state index in [9.17, 15) is 5.11 Å². The van der Waals surface area contributed by atoms with Crippen molar-refractivity contribution in [3.63, 3.8) is 0 Å². The van der Waals surface area contributed by atoms with Crippen LogP contribution in [0, 0.1) is 0 Å². The maximum atomic E-state index is 13.5. The highest BCUT2D eigenvalue weighted by molar-refractivity contribution is 6.31. The predicted molar refractivity (Wildman–Crippen MR) is 241 cm³/mol. The van der Waals surface area contributed by atoms with E-state index < -0.39 is 30.2 Å². The SMILES string of the molecule is C=Cc1cc(Cl)c(Cc2ccc(OC3CCOC3)cc2)cc1[C@]1(O)O[C@H](COCc2ccccc2)[C@@H](OCc2ccccc2)[C@H](OCc2ccccc2)[C@H]1OCc1ccccc1. The van der Waals surface area contributed by atoms with E-state index >= 15 is 0 Å². The second-order valence-corrected chi connectivity index (χ2v) is 16.2. The Morgan fingerprint density at radius 1 is 0.661 bits per heavy atom. The zero-order valence-electron chi connectivity index (χ0n) is 34.7. The molecule has 8 rings (SSSR count). The fraction of sp³-hybridized carbons (Fsp3) is 0.283. The van der Waals surface area contributed by atoms with Crippen molar-refractivity contribution in [2.75, 3.05) is 19.8 Å².